The molecule has 1 N–H and O–H groups in total. The average Bonchev–Trinajstić information content (AvgIpc) is 2.46. The third kappa shape index (κ3) is 4.01. The van der Waals surface area contributed by atoms with Crippen molar-refractivity contribution in [3.05, 3.63) is 30.1 Å². The Morgan fingerprint density at radius 1 is 1.37 bits per heavy atom. The standard InChI is InChI=1S/C14H21N3O2/c1-12(13-4-2-3-6-15-13)17-10-8-16(9-11-17)7-5-14(18)19/h2-4,6,12H,5,7-11H2,1H3,(H,18,19). The summed E-state index contributed by atoms with van der Waals surface area (Å²) in [6.45, 7) is 6.64. The molecule has 0 aromatic carbocycles. The molecule has 1 unspecified atom stereocenters. The molecule has 2 heterocycles. The van der Waals surface area contributed by atoms with E-state index in [1.807, 2.05) is 18.3 Å². The van der Waals surface area contributed by atoms with E-state index >= 15 is 0 Å². The minimum Gasteiger partial charge on any atom is -0.481 e. The van der Waals surface area contributed by atoms with E-state index < -0.39 is 5.97 Å². The number of carboxylic acids is 1. The fourth-order valence-corrected chi connectivity index (χ4v) is 2.44. The van der Waals surface area contributed by atoms with E-state index in [2.05, 4.69) is 27.8 Å². The summed E-state index contributed by atoms with van der Waals surface area (Å²) in [6.07, 6.45) is 2.06. The van der Waals surface area contributed by atoms with Crippen LogP contribution in [0.5, 0.6) is 0 Å². The van der Waals surface area contributed by atoms with Crippen LogP contribution >= 0.6 is 0 Å². The van der Waals surface area contributed by atoms with E-state index in [0.717, 1.165) is 31.9 Å². The first-order chi connectivity index (χ1) is 9.16. The van der Waals surface area contributed by atoms with Crippen molar-refractivity contribution in [2.75, 3.05) is 32.7 Å². The maximum Gasteiger partial charge on any atom is 0.304 e. The van der Waals surface area contributed by atoms with Crippen LogP contribution in [-0.4, -0.2) is 58.6 Å². The topological polar surface area (TPSA) is 56.7 Å². The van der Waals surface area contributed by atoms with Crippen molar-refractivity contribution < 1.29 is 9.90 Å². The number of nitrogens with zero attached hydrogens (tertiary/aromatic N) is 3. The highest BCUT2D eigenvalue weighted by molar-refractivity contribution is 5.66. The summed E-state index contributed by atoms with van der Waals surface area (Å²) in [5.74, 6) is -0.718. The Labute approximate surface area is 113 Å². The second kappa shape index (κ2) is 6.63. The van der Waals surface area contributed by atoms with Crippen LogP contribution in [0.2, 0.25) is 0 Å². The minimum atomic E-state index is -0.718. The lowest BCUT2D eigenvalue weighted by atomic mass is 10.1. The zero-order valence-corrected chi connectivity index (χ0v) is 11.3. The van der Waals surface area contributed by atoms with Crippen LogP contribution in [0.25, 0.3) is 0 Å². The molecule has 5 heteroatoms. The highest BCUT2D eigenvalue weighted by Gasteiger charge is 2.22. The molecule has 0 bridgehead atoms. The Morgan fingerprint density at radius 2 is 2.11 bits per heavy atom. The molecule has 0 saturated carbocycles. The highest BCUT2D eigenvalue weighted by atomic mass is 16.4. The quantitative estimate of drug-likeness (QED) is 0.866. The maximum atomic E-state index is 10.6. The molecule has 0 spiro atoms. The van der Waals surface area contributed by atoms with Crippen molar-refractivity contribution in [2.45, 2.75) is 19.4 Å². The van der Waals surface area contributed by atoms with E-state index in [9.17, 15) is 4.79 Å². The molecular weight excluding hydrogens is 242 g/mol. The average molecular weight is 263 g/mol. The Bertz CT molecular complexity index is 402. The molecule has 1 saturated heterocycles. The van der Waals surface area contributed by atoms with Gasteiger partial charge < -0.3 is 10.0 Å². The number of carboxylic acid groups (broad SMARTS) is 1. The zero-order valence-electron chi connectivity index (χ0n) is 11.3. The Hall–Kier alpha value is -1.46. The molecule has 0 radical (unpaired) electrons. The van der Waals surface area contributed by atoms with Crippen LogP contribution in [0.1, 0.15) is 25.1 Å². The first-order valence-corrected chi connectivity index (χ1v) is 6.76. The lowest BCUT2D eigenvalue weighted by molar-refractivity contribution is -0.137. The van der Waals surface area contributed by atoms with Crippen LogP contribution in [-0.2, 0) is 4.79 Å². The van der Waals surface area contributed by atoms with E-state index in [-0.39, 0.29) is 6.42 Å². The lowest BCUT2D eigenvalue weighted by Crippen LogP contribution is -2.47. The summed E-state index contributed by atoms with van der Waals surface area (Å²) in [4.78, 5) is 19.6. The van der Waals surface area contributed by atoms with Gasteiger partial charge in [0.2, 0.25) is 0 Å². The van der Waals surface area contributed by atoms with Gasteiger partial charge in [-0.05, 0) is 19.1 Å². The van der Waals surface area contributed by atoms with Gasteiger partial charge >= 0.3 is 5.97 Å². The third-order valence-electron chi connectivity index (χ3n) is 3.71. The number of piperazine rings is 1. The number of aromatic nitrogens is 1. The van der Waals surface area contributed by atoms with Crippen molar-refractivity contribution in [2.24, 2.45) is 0 Å². The first kappa shape index (κ1) is 14.0. The van der Waals surface area contributed by atoms with E-state index in [4.69, 9.17) is 5.11 Å². The SMILES string of the molecule is CC(c1ccccn1)N1CCN(CCC(=O)O)CC1. The summed E-state index contributed by atoms with van der Waals surface area (Å²) in [5.41, 5.74) is 1.10. The molecule has 1 aromatic heterocycles. The number of carbonyl (C=O) groups is 1. The van der Waals surface area contributed by atoms with Crippen LogP contribution in [0.4, 0.5) is 0 Å². The summed E-state index contributed by atoms with van der Waals surface area (Å²) in [6, 6.07) is 6.33. The number of aliphatic carboxylic acids is 1. The Balaban J connectivity index is 1.81. The molecular formula is C14H21N3O2. The molecule has 0 aliphatic carbocycles. The second-order valence-corrected chi connectivity index (χ2v) is 4.95. The van der Waals surface area contributed by atoms with Crippen LogP contribution in [0.15, 0.2) is 24.4 Å². The maximum absolute atomic E-state index is 10.6. The van der Waals surface area contributed by atoms with Crippen molar-refractivity contribution in [1.29, 1.82) is 0 Å². The van der Waals surface area contributed by atoms with Gasteiger partial charge in [0.15, 0.2) is 0 Å². The van der Waals surface area contributed by atoms with E-state index in [1.165, 1.54) is 0 Å². The Morgan fingerprint density at radius 3 is 2.68 bits per heavy atom. The van der Waals surface area contributed by atoms with Crippen LogP contribution in [0.3, 0.4) is 0 Å². The van der Waals surface area contributed by atoms with E-state index in [0.29, 0.717) is 12.6 Å². The number of pyridine rings is 1. The molecule has 0 amide bonds. The molecule has 1 aliphatic rings. The van der Waals surface area contributed by atoms with Gasteiger partial charge in [0.25, 0.3) is 0 Å². The van der Waals surface area contributed by atoms with Gasteiger partial charge in [-0.1, -0.05) is 6.07 Å². The molecule has 19 heavy (non-hydrogen) atoms. The second-order valence-electron chi connectivity index (χ2n) is 4.95. The van der Waals surface area contributed by atoms with Gasteiger partial charge in [-0.3, -0.25) is 14.7 Å². The van der Waals surface area contributed by atoms with Crippen molar-refractivity contribution in [3.8, 4) is 0 Å². The molecule has 2 rings (SSSR count). The smallest absolute Gasteiger partial charge is 0.304 e. The van der Waals surface area contributed by atoms with Crippen molar-refractivity contribution in [3.63, 3.8) is 0 Å². The van der Waals surface area contributed by atoms with Gasteiger partial charge in [-0.2, -0.15) is 0 Å². The predicted molar refractivity (Wildman–Crippen MR) is 72.9 cm³/mol. The summed E-state index contributed by atoms with van der Waals surface area (Å²) >= 11 is 0. The van der Waals surface area contributed by atoms with Crippen LogP contribution in [0, 0.1) is 0 Å². The molecule has 5 nitrogen and oxygen atoms in total. The van der Waals surface area contributed by atoms with E-state index in [1.54, 1.807) is 0 Å². The zero-order chi connectivity index (χ0) is 13.7. The largest absolute Gasteiger partial charge is 0.481 e. The molecule has 1 atom stereocenters. The van der Waals surface area contributed by atoms with Gasteiger partial charge in [0, 0.05) is 45.0 Å². The van der Waals surface area contributed by atoms with Gasteiger partial charge in [0.05, 0.1) is 12.1 Å². The van der Waals surface area contributed by atoms with Gasteiger partial charge in [-0.25, -0.2) is 0 Å². The van der Waals surface area contributed by atoms with Crippen molar-refractivity contribution in [1.82, 2.24) is 14.8 Å². The van der Waals surface area contributed by atoms with Gasteiger partial charge in [-0.15, -0.1) is 0 Å². The molecule has 1 fully saturated rings. The van der Waals surface area contributed by atoms with Crippen molar-refractivity contribution >= 4 is 5.97 Å². The first-order valence-electron chi connectivity index (χ1n) is 6.76. The monoisotopic (exact) mass is 263 g/mol. The normalized spacial score (nSPS) is 19.2. The van der Waals surface area contributed by atoms with Crippen LogP contribution < -0.4 is 0 Å². The summed E-state index contributed by atoms with van der Waals surface area (Å²) in [7, 11) is 0. The highest BCUT2D eigenvalue weighted by Crippen LogP contribution is 2.19. The molecule has 1 aliphatic heterocycles. The molecule has 1 aromatic rings. The Kier molecular flexibility index (Phi) is 4.87. The number of rotatable bonds is 5. The minimum absolute atomic E-state index is 0.232. The van der Waals surface area contributed by atoms with Gasteiger partial charge in [0.1, 0.15) is 0 Å². The fraction of sp³-hybridized carbons (Fsp3) is 0.571. The molecule has 104 valence electrons. The number of hydrogen-bond acceptors (Lipinski definition) is 4. The predicted octanol–water partition coefficient (Wildman–Crippen LogP) is 1.23. The third-order valence-corrected chi connectivity index (χ3v) is 3.71. The lowest BCUT2D eigenvalue weighted by Gasteiger charge is -2.37. The number of hydrogen-bond donors (Lipinski definition) is 1. The summed E-state index contributed by atoms with van der Waals surface area (Å²) < 4.78 is 0. The summed E-state index contributed by atoms with van der Waals surface area (Å²) in [5, 5.41) is 8.69. The fourth-order valence-electron chi connectivity index (χ4n) is 2.44.